The maximum Gasteiger partial charge on any atom is 0.410 e. The molecule has 1 saturated heterocycles. The molecule has 4 heteroatoms. The fourth-order valence-corrected chi connectivity index (χ4v) is 3.01. The van der Waals surface area contributed by atoms with E-state index >= 15 is 0 Å². The molecule has 1 amide bonds. The minimum atomic E-state index is -0.229. The Bertz CT molecular complexity index is 645. The Kier molecular flexibility index (Phi) is 6.46. The largest absolute Gasteiger partial charge is 0.445 e. The number of likely N-dealkylation sites (tertiary alicyclic amines) is 1. The lowest BCUT2D eigenvalue weighted by atomic mass is 10.1. The van der Waals surface area contributed by atoms with Gasteiger partial charge in [0.1, 0.15) is 6.61 Å². The molecule has 1 atom stereocenters. The van der Waals surface area contributed by atoms with Crippen LogP contribution in [0.3, 0.4) is 0 Å². The van der Waals surface area contributed by atoms with Crippen molar-refractivity contribution in [2.75, 3.05) is 13.1 Å². The van der Waals surface area contributed by atoms with E-state index in [1.54, 1.807) is 4.90 Å². The first-order valence-electron chi connectivity index (χ1n) is 8.92. The van der Waals surface area contributed by atoms with Crippen LogP contribution in [0.15, 0.2) is 60.7 Å². The number of benzene rings is 2. The minimum absolute atomic E-state index is 0.201. The van der Waals surface area contributed by atoms with E-state index in [2.05, 4.69) is 12.1 Å². The lowest BCUT2D eigenvalue weighted by Gasteiger charge is -2.20. The van der Waals surface area contributed by atoms with Crippen LogP contribution in [-0.4, -0.2) is 30.2 Å². The van der Waals surface area contributed by atoms with Crippen molar-refractivity contribution in [3.8, 4) is 0 Å². The van der Waals surface area contributed by atoms with Gasteiger partial charge in [0.15, 0.2) is 0 Å². The van der Waals surface area contributed by atoms with E-state index < -0.39 is 0 Å². The van der Waals surface area contributed by atoms with Crippen LogP contribution in [-0.2, 0) is 22.7 Å². The van der Waals surface area contributed by atoms with Gasteiger partial charge in [0, 0.05) is 13.1 Å². The van der Waals surface area contributed by atoms with Crippen molar-refractivity contribution in [3.05, 3.63) is 71.8 Å². The summed E-state index contributed by atoms with van der Waals surface area (Å²) in [6.45, 7) is 2.37. The summed E-state index contributed by atoms with van der Waals surface area (Å²) < 4.78 is 11.5. The molecule has 1 unspecified atom stereocenters. The van der Waals surface area contributed by atoms with Crippen LogP contribution in [0.5, 0.6) is 0 Å². The molecule has 132 valence electrons. The van der Waals surface area contributed by atoms with E-state index in [-0.39, 0.29) is 12.2 Å². The van der Waals surface area contributed by atoms with E-state index in [4.69, 9.17) is 9.47 Å². The van der Waals surface area contributed by atoms with Crippen molar-refractivity contribution >= 4 is 6.09 Å². The number of hydrogen-bond donors (Lipinski definition) is 0. The summed E-state index contributed by atoms with van der Waals surface area (Å²) in [7, 11) is 0. The van der Waals surface area contributed by atoms with Crippen LogP contribution < -0.4 is 0 Å². The second kappa shape index (κ2) is 9.23. The van der Waals surface area contributed by atoms with Crippen molar-refractivity contribution in [3.63, 3.8) is 0 Å². The topological polar surface area (TPSA) is 38.8 Å². The first-order chi connectivity index (χ1) is 12.3. The molecule has 3 rings (SSSR count). The van der Waals surface area contributed by atoms with E-state index in [0.717, 1.165) is 31.4 Å². The molecule has 2 aromatic carbocycles. The van der Waals surface area contributed by atoms with E-state index in [0.29, 0.717) is 19.8 Å². The maximum atomic E-state index is 12.3. The molecule has 0 aromatic heterocycles. The summed E-state index contributed by atoms with van der Waals surface area (Å²) in [5, 5.41) is 0. The first-order valence-corrected chi connectivity index (χ1v) is 8.92. The number of carbonyl (C=O) groups excluding carboxylic acids is 1. The third-order valence-electron chi connectivity index (χ3n) is 4.47. The molecule has 4 nitrogen and oxygen atoms in total. The fourth-order valence-electron chi connectivity index (χ4n) is 3.01. The fraction of sp³-hybridized carbons (Fsp3) is 0.381. The predicted octanol–water partition coefficient (Wildman–Crippen LogP) is 4.39. The molecular weight excluding hydrogens is 314 g/mol. The number of amides is 1. The van der Waals surface area contributed by atoms with E-state index in [1.165, 1.54) is 5.56 Å². The number of hydrogen-bond acceptors (Lipinski definition) is 3. The van der Waals surface area contributed by atoms with Gasteiger partial charge in [-0.25, -0.2) is 4.79 Å². The minimum Gasteiger partial charge on any atom is -0.445 e. The molecule has 0 saturated carbocycles. The molecule has 0 radical (unpaired) electrons. The standard InChI is InChI=1S/C21H25NO3/c23-21(25-17-19-10-5-2-6-11-19)22-14-7-12-20(13-15-22)24-16-18-8-3-1-4-9-18/h1-6,8-11,20H,7,12-17H2. The van der Waals surface area contributed by atoms with Crippen LogP contribution in [0.2, 0.25) is 0 Å². The van der Waals surface area contributed by atoms with Crippen LogP contribution in [0.4, 0.5) is 4.79 Å². The van der Waals surface area contributed by atoms with Gasteiger partial charge in [-0.05, 0) is 30.4 Å². The van der Waals surface area contributed by atoms with Crippen molar-refractivity contribution in [2.24, 2.45) is 0 Å². The van der Waals surface area contributed by atoms with Gasteiger partial charge in [0.05, 0.1) is 12.7 Å². The van der Waals surface area contributed by atoms with Gasteiger partial charge in [-0.15, -0.1) is 0 Å². The van der Waals surface area contributed by atoms with E-state index in [1.807, 2.05) is 48.5 Å². The number of rotatable bonds is 5. The zero-order chi connectivity index (χ0) is 17.3. The highest BCUT2D eigenvalue weighted by Gasteiger charge is 2.22. The van der Waals surface area contributed by atoms with Crippen molar-refractivity contribution in [1.82, 2.24) is 4.90 Å². The lowest BCUT2D eigenvalue weighted by molar-refractivity contribution is 0.0307. The Morgan fingerprint density at radius 1 is 0.880 bits per heavy atom. The summed E-state index contributed by atoms with van der Waals surface area (Å²) >= 11 is 0. The van der Waals surface area contributed by atoms with Crippen LogP contribution in [0.1, 0.15) is 30.4 Å². The molecule has 1 aliphatic rings. The molecule has 0 bridgehead atoms. The average molecular weight is 339 g/mol. The van der Waals surface area contributed by atoms with Gasteiger partial charge >= 0.3 is 6.09 Å². The summed E-state index contributed by atoms with van der Waals surface area (Å²) in [6.07, 6.45) is 2.75. The molecule has 25 heavy (non-hydrogen) atoms. The molecule has 1 heterocycles. The highest BCUT2D eigenvalue weighted by atomic mass is 16.6. The second-order valence-corrected chi connectivity index (χ2v) is 6.38. The average Bonchev–Trinajstić information content (AvgIpc) is 2.92. The zero-order valence-corrected chi connectivity index (χ0v) is 14.5. The smallest absolute Gasteiger partial charge is 0.410 e. The van der Waals surface area contributed by atoms with Gasteiger partial charge in [0.25, 0.3) is 0 Å². The molecule has 0 spiro atoms. The van der Waals surface area contributed by atoms with Gasteiger partial charge in [-0.1, -0.05) is 60.7 Å². The Labute approximate surface area is 149 Å². The first kappa shape index (κ1) is 17.5. The third kappa shape index (κ3) is 5.61. The Balaban J connectivity index is 1.42. The number of nitrogens with zero attached hydrogens (tertiary/aromatic N) is 1. The number of ether oxygens (including phenoxy) is 2. The zero-order valence-electron chi connectivity index (χ0n) is 14.5. The Morgan fingerprint density at radius 2 is 1.52 bits per heavy atom. The molecule has 0 aliphatic carbocycles. The van der Waals surface area contributed by atoms with Gasteiger partial charge in [0.2, 0.25) is 0 Å². The molecule has 1 aliphatic heterocycles. The third-order valence-corrected chi connectivity index (χ3v) is 4.47. The highest BCUT2D eigenvalue weighted by Crippen LogP contribution is 2.17. The highest BCUT2D eigenvalue weighted by molar-refractivity contribution is 5.67. The monoisotopic (exact) mass is 339 g/mol. The van der Waals surface area contributed by atoms with Crippen LogP contribution in [0.25, 0.3) is 0 Å². The lowest BCUT2D eigenvalue weighted by Crippen LogP contribution is -2.32. The van der Waals surface area contributed by atoms with Gasteiger partial charge < -0.3 is 14.4 Å². The summed E-state index contributed by atoms with van der Waals surface area (Å²) in [5.74, 6) is 0. The Hall–Kier alpha value is -2.33. The van der Waals surface area contributed by atoms with Crippen LogP contribution in [0, 0.1) is 0 Å². The quantitative estimate of drug-likeness (QED) is 0.811. The molecule has 0 N–H and O–H groups in total. The Morgan fingerprint density at radius 3 is 2.20 bits per heavy atom. The predicted molar refractivity (Wildman–Crippen MR) is 97.1 cm³/mol. The van der Waals surface area contributed by atoms with Crippen molar-refractivity contribution in [2.45, 2.75) is 38.6 Å². The summed E-state index contributed by atoms with van der Waals surface area (Å²) in [4.78, 5) is 14.1. The molecule has 1 fully saturated rings. The number of carbonyl (C=O) groups is 1. The van der Waals surface area contributed by atoms with Crippen molar-refractivity contribution in [1.29, 1.82) is 0 Å². The molecular formula is C21H25NO3. The molecule has 2 aromatic rings. The summed E-state index contributed by atoms with van der Waals surface area (Å²) in [5.41, 5.74) is 2.20. The SMILES string of the molecule is O=C(OCc1ccccc1)N1CCCC(OCc2ccccc2)CC1. The maximum absolute atomic E-state index is 12.3. The van der Waals surface area contributed by atoms with Gasteiger partial charge in [-0.3, -0.25) is 0 Å². The van der Waals surface area contributed by atoms with Crippen LogP contribution >= 0.6 is 0 Å². The van der Waals surface area contributed by atoms with E-state index in [9.17, 15) is 4.79 Å². The second-order valence-electron chi connectivity index (χ2n) is 6.38. The summed E-state index contributed by atoms with van der Waals surface area (Å²) in [6, 6.07) is 20.0. The normalized spacial score (nSPS) is 17.8. The van der Waals surface area contributed by atoms with Gasteiger partial charge in [-0.2, -0.15) is 0 Å². The van der Waals surface area contributed by atoms with Crippen molar-refractivity contribution < 1.29 is 14.3 Å².